The number of rotatable bonds is 6. The van der Waals surface area contributed by atoms with Crippen LogP contribution in [-0.2, 0) is 9.84 Å². The van der Waals surface area contributed by atoms with Crippen molar-refractivity contribution < 1.29 is 13.2 Å². The molecule has 0 fully saturated rings. The van der Waals surface area contributed by atoms with Gasteiger partial charge < -0.3 is 10.1 Å². The molecule has 0 saturated carbocycles. The van der Waals surface area contributed by atoms with Crippen LogP contribution in [0.2, 0.25) is 0 Å². The van der Waals surface area contributed by atoms with E-state index in [1.165, 1.54) is 16.6 Å². The molecule has 9 heteroatoms. The first-order valence-electron chi connectivity index (χ1n) is 10.3. The van der Waals surface area contributed by atoms with E-state index in [9.17, 15) is 8.42 Å². The molecule has 5 rings (SSSR count). The van der Waals surface area contributed by atoms with Gasteiger partial charge in [0.15, 0.2) is 5.65 Å². The summed E-state index contributed by atoms with van der Waals surface area (Å²) in [4.78, 5) is 4.82. The van der Waals surface area contributed by atoms with Gasteiger partial charge in [-0.3, -0.25) is 0 Å². The molecule has 0 saturated heterocycles. The van der Waals surface area contributed by atoms with E-state index in [0.717, 1.165) is 16.7 Å². The average molecular weight is 460 g/mol. The van der Waals surface area contributed by atoms with E-state index in [-0.39, 0.29) is 21.6 Å². The summed E-state index contributed by atoms with van der Waals surface area (Å²) in [5.41, 5.74) is 1.90. The second-order valence-corrected chi connectivity index (χ2v) is 9.43. The van der Waals surface area contributed by atoms with Crippen LogP contribution in [0.25, 0.3) is 16.6 Å². The Balaban J connectivity index is 1.64. The van der Waals surface area contributed by atoms with Crippen LogP contribution in [0, 0.1) is 0 Å². The van der Waals surface area contributed by atoms with Gasteiger partial charge in [-0.15, -0.1) is 5.10 Å². The molecule has 2 aromatic heterocycles. The summed E-state index contributed by atoms with van der Waals surface area (Å²) in [6, 6.07) is 23.4. The zero-order valence-electron chi connectivity index (χ0n) is 18.0. The van der Waals surface area contributed by atoms with Crippen LogP contribution < -0.4 is 10.1 Å². The average Bonchev–Trinajstić information content (AvgIpc) is 3.30. The number of anilines is 1. The number of hydrogen-bond donors (Lipinski definition) is 1. The predicted molar refractivity (Wildman–Crippen MR) is 125 cm³/mol. The number of benzene rings is 3. The van der Waals surface area contributed by atoms with Gasteiger partial charge >= 0.3 is 0 Å². The number of hydrogen-bond acceptors (Lipinski definition) is 7. The van der Waals surface area contributed by atoms with E-state index in [1.54, 1.807) is 25.3 Å². The van der Waals surface area contributed by atoms with Crippen molar-refractivity contribution in [3.05, 3.63) is 84.4 Å². The normalized spacial score (nSPS) is 12.7. The molecule has 5 aromatic rings. The number of methoxy groups -OCH3 is 1. The zero-order chi connectivity index (χ0) is 23.0. The molecule has 0 spiro atoms. The van der Waals surface area contributed by atoms with E-state index < -0.39 is 9.84 Å². The van der Waals surface area contributed by atoms with Crippen molar-refractivity contribution in [2.45, 2.75) is 22.9 Å². The largest absolute Gasteiger partial charge is 0.497 e. The molecule has 0 amide bonds. The van der Waals surface area contributed by atoms with Crippen LogP contribution in [0.5, 0.6) is 5.75 Å². The Bertz CT molecular complexity index is 1550. The Labute approximate surface area is 190 Å². The molecule has 33 heavy (non-hydrogen) atoms. The minimum atomic E-state index is -3.89. The Morgan fingerprint density at radius 1 is 0.939 bits per heavy atom. The number of ether oxygens (including phenoxy) is 1. The van der Waals surface area contributed by atoms with Crippen molar-refractivity contribution in [3.8, 4) is 5.75 Å². The molecule has 0 bridgehead atoms. The predicted octanol–water partition coefficient (Wildman–Crippen LogP) is 4.29. The first-order valence-corrected chi connectivity index (χ1v) is 11.8. The maximum Gasteiger partial charge on any atom is 0.229 e. The highest BCUT2D eigenvalue weighted by Crippen LogP contribution is 2.30. The van der Waals surface area contributed by atoms with Gasteiger partial charge in [0.1, 0.15) is 11.6 Å². The highest BCUT2D eigenvalue weighted by molar-refractivity contribution is 7.91. The molecular formula is C24H21N5O3S. The molecule has 0 aliphatic heterocycles. The first kappa shape index (κ1) is 20.9. The van der Waals surface area contributed by atoms with Crippen molar-refractivity contribution in [1.82, 2.24) is 19.8 Å². The number of nitrogens with one attached hydrogen (secondary N) is 1. The highest BCUT2D eigenvalue weighted by atomic mass is 32.2. The number of para-hydroxylation sites is 1. The van der Waals surface area contributed by atoms with Crippen LogP contribution in [0.3, 0.4) is 0 Å². The molecule has 0 unspecified atom stereocenters. The molecular weight excluding hydrogens is 438 g/mol. The first-order chi connectivity index (χ1) is 16.0. The van der Waals surface area contributed by atoms with Crippen molar-refractivity contribution in [2.75, 3.05) is 12.4 Å². The summed E-state index contributed by atoms with van der Waals surface area (Å²) in [7, 11) is -2.27. The molecule has 1 N–H and O–H groups in total. The lowest BCUT2D eigenvalue weighted by molar-refractivity contribution is 0.414. The Morgan fingerprint density at radius 2 is 1.64 bits per heavy atom. The van der Waals surface area contributed by atoms with Gasteiger partial charge in [0, 0.05) is 11.4 Å². The Morgan fingerprint density at radius 3 is 2.36 bits per heavy atom. The minimum Gasteiger partial charge on any atom is -0.497 e. The van der Waals surface area contributed by atoms with Gasteiger partial charge in [-0.1, -0.05) is 47.7 Å². The second-order valence-electron chi connectivity index (χ2n) is 7.56. The number of nitrogens with zero attached hydrogens (tertiary/aromatic N) is 4. The lowest BCUT2D eigenvalue weighted by Gasteiger charge is -2.17. The topological polar surface area (TPSA) is 98.5 Å². The smallest absolute Gasteiger partial charge is 0.229 e. The standard InChI is InChI=1S/C24H21N5O3S/c1-16(17-12-14-18(32-2)15-13-17)25-22-20-10-6-7-11-21(20)29-23(26-22)24(27-28-29)33(30,31)19-8-4-3-5-9-19/h3-16H,1-2H3,(H,25,26)/t16-/m0/s1. The van der Waals surface area contributed by atoms with Crippen LogP contribution >= 0.6 is 0 Å². The molecule has 8 nitrogen and oxygen atoms in total. The second kappa shape index (κ2) is 8.18. The van der Waals surface area contributed by atoms with Crippen LogP contribution in [-0.4, -0.2) is 35.3 Å². The summed E-state index contributed by atoms with van der Waals surface area (Å²) in [5.74, 6) is 1.32. The van der Waals surface area contributed by atoms with Crippen molar-refractivity contribution in [2.24, 2.45) is 0 Å². The summed E-state index contributed by atoms with van der Waals surface area (Å²) in [6.45, 7) is 2.01. The van der Waals surface area contributed by atoms with Crippen LogP contribution in [0.4, 0.5) is 5.82 Å². The SMILES string of the molecule is COc1ccc([C@H](C)Nc2nc3c(S(=O)(=O)c4ccccc4)nnn3c3ccccc23)cc1. The van der Waals surface area contributed by atoms with Gasteiger partial charge in [0.25, 0.3) is 0 Å². The minimum absolute atomic E-state index is 0.0978. The summed E-state index contributed by atoms with van der Waals surface area (Å²) in [6.07, 6.45) is 0. The molecule has 2 heterocycles. The lowest BCUT2D eigenvalue weighted by atomic mass is 10.1. The highest BCUT2D eigenvalue weighted by Gasteiger charge is 2.27. The van der Waals surface area contributed by atoms with Gasteiger partial charge in [-0.2, -0.15) is 4.52 Å². The summed E-state index contributed by atoms with van der Waals surface area (Å²) < 4.78 is 33.3. The van der Waals surface area contributed by atoms with Crippen molar-refractivity contribution in [1.29, 1.82) is 0 Å². The number of aromatic nitrogens is 4. The van der Waals surface area contributed by atoms with E-state index in [2.05, 4.69) is 20.6 Å². The maximum absolute atomic E-state index is 13.3. The summed E-state index contributed by atoms with van der Waals surface area (Å²) in [5, 5.41) is 12.2. The van der Waals surface area contributed by atoms with Crippen LogP contribution in [0.1, 0.15) is 18.5 Å². The fraction of sp³-hybridized carbons (Fsp3) is 0.125. The van der Waals surface area contributed by atoms with E-state index >= 15 is 0 Å². The molecule has 0 aliphatic rings. The van der Waals surface area contributed by atoms with E-state index in [1.807, 2.05) is 55.5 Å². The van der Waals surface area contributed by atoms with E-state index in [0.29, 0.717) is 11.3 Å². The van der Waals surface area contributed by atoms with E-state index in [4.69, 9.17) is 4.74 Å². The van der Waals surface area contributed by atoms with Gasteiger partial charge in [-0.05, 0) is 48.9 Å². The Kier molecular flexibility index (Phi) is 5.18. The van der Waals surface area contributed by atoms with Gasteiger partial charge in [0.05, 0.1) is 17.5 Å². The molecule has 1 atom stereocenters. The monoisotopic (exact) mass is 459 g/mol. The zero-order valence-corrected chi connectivity index (χ0v) is 18.8. The lowest BCUT2D eigenvalue weighted by Crippen LogP contribution is -2.10. The third-order valence-corrected chi connectivity index (χ3v) is 7.17. The van der Waals surface area contributed by atoms with Crippen molar-refractivity contribution in [3.63, 3.8) is 0 Å². The third-order valence-electron chi connectivity index (χ3n) is 5.50. The number of sulfone groups is 1. The fourth-order valence-electron chi connectivity index (χ4n) is 3.72. The quantitative estimate of drug-likeness (QED) is 0.404. The maximum atomic E-state index is 13.3. The van der Waals surface area contributed by atoms with Gasteiger partial charge in [-0.25, -0.2) is 13.4 Å². The molecule has 3 aromatic carbocycles. The molecule has 166 valence electrons. The van der Waals surface area contributed by atoms with Crippen molar-refractivity contribution >= 4 is 32.2 Å². The number of fused-ring (bicyclic) bond motifs is 3. The van der Waals surface area contributed by atoms with Crippen LogP contribution in [0.15, 0.2) is 88.8 Å². The Hall–Kier alpha value is -3.98. The molecule has 0 aliphatic carbocycles. The fourth-order valence-corrected chi connectivity index (χ4v) is 4.98. The molecule has 0 radical (unpaired) electrons. The van der Waals surface area contributed by atoms with Gasteiger partial charge in [0.2, 0.25) is 14.9 Å². The third kappa shape index (κ3) is 3.66. The summed E-state index contributed by atoms with van der Waals surface area (Å²) >= 11 is 0.